The molecule has 3 aromatic rings. The molecule has 0 spiro atoms. The van der Waals surface area contributed by atoms with E-state index in [9.17, 15) is 0 Å². The number of para-hydroxylation sites is 2. The minimum absolute atomic E-state index is 0.560. The summed E-state index contributed by atoms with van der Waals surface area (Å²) < 4.78 is 7.23. The Morgan fingerprint density at radius 1 is 1.30 bits per heavy atom. The molecular weight excluding hydrogens is 272 g/mol. The number of nitrogens with two attached hydrogens (primary N) is 1. The van der Waals surface area contributed by atoms with Gasteiger partial charge < -0.3 is 10.5 Å². The third-order valence-corrected chi connectivity index (χ3v) is 3.79. The molecule has 0 amide bonds. The number of nitrogen functional groups attached to an aromatic ring is 1. The predicted octanol–water partition coefficient (Wildman–Crippen LogP) is 2.90. The number of methoxy groups -OCH3 is 1. The standard InChI is InChI=1S/C14H14N4OS/c1-9-10(11-8-20-14(15)17-11)7-16-18(9)12-5-3-4-6-13(12)19-2/h3-8H,1-2H3,(H2,15,17). The van der Waals surface area contributed by atoms with Crippen LogP contribution in [0.15, 0.2) is 35.8 Å². The van der Waals surface area contributed by atoms with Crippen LogP contribution in [-0.2, 0) is 0 Å². The number of hydrogen-bond donors (Lipinski definition) is 1. The molecule has 0 saturated carbocycles. The molecule has 20 heavy (non-hydrogen) atoms. The van der Waals surface area contributed by atoms with Crippen molar-refractivity contribution in [3.63, 3.8) is 0 Å². The summed E-state index contributed by atoms with van der Waals surface area (Å²) >= 11 is 1.43. The van der Waals surface area contributed by atoms with E-state index in [1.807, 2.05) is 41.3 Å². The Morgan fingerprint density at radius 2 is 2.10 bits per heavy atom. The van der Waals surface area contributed by atoms with Crippen LogP contribution in [0.1, 0.15) is 5.69 Å². The summed E-state index contributed by atoms with van der Waals surface area (Å²) in [5.41, 5.74) is 9.42. The van der Waals surface area contributed by atoms with Crippen molar-refractivity contribution in [3.05, 3.63) is 41.5 Å². The molecule has 0 atom stereocenters. The minimum Gasteiger partial charge on any atom is -0.494 e. The zero-order chi connectivity index (χ0) is 14.1. The molecule has 0 fully saturated rings. The van der Waals surface area contributed by atoms with E-state index in [0.717, 1.165) is 28.4 Å². The topological polar surface area (TPSA) is 66.0 Å². The van der Waals surface area contributed by atoms with Gasteiger partial charge in [-0.1, -0.05) is 12.1 Å². The number of rotatable bonds is 3. The monoisotopic (exact) mass is 286 g/mol. The molecule has 2 heterocycles. The van der Waals surface area contributed by atoms with Crippen LogP contribution >= 0.6 is 11.3 Å². The van der Waals surface area contributed by atoms with E-state index in [1.54, 1.807) is 13.3 Å². The molecular formula is C14H14N4OS. The van der Waals surface area contributed by atoms with Crippen LogP contribution in [0.25, 0.3) is 16.9 Å². The Morgan fingerprint density at radius 3 is 2.80 bits per heavy atom. The number of benzene rings is 1. The minimum atomic E-state index is 0.560. The third kappa shape index (κ3) is 2.04. The van der Waals surface area contributed by atoms with Gasteiger partial charge in [0, 0.05) is 10.9 Å². The summed E-state index contributed by atoms with van der Waals surface area (Å²) in [4.78, 5) is 4.30. The maximum Gasteiger partial charge on any atom is 0.180 e. The zero-order valence-corrected chi connectivity index (χ0v) is 12.0. The molecule has 2 N–H and O–H groups in total. The maximum atomic E-state index is 5.69. The van der Waals surface area contributed by atoms with Crippen LogP contribution in [0.5, 0.6) is 5.75 Å². The van der Waals surface area contributed by atoms with Gasteiger partial charge in [-0.3, -0.25) is 0 Å². The predicted molar refractivity (Wildman–Crippen MR) is 80.4 cm³/mol. The molecule has 0 saturated heterocycles. The van der Waals surface area contributed by atoms with Crippen LogP contribution in [0.4, 0.5) is 5.13 Å². The summed E-state index contributed by atoms with van der Waals surface area (Å²) in [6.07, 6.45) is 1.80. The highest BCUT2D eigenvalue weighted by Crippen LogP contribution is 2.29. The first kappa shape index (κ1) is 12.7. The van der Waals surface area contributed by atoms with E-state index >= 15 is 0 Å². The maximum absolute atomic E-state index is 5.69. The number of aromatic nitrogens is 3. The second-order valence-electron chi connectivity index (χ2n) is 4.30. The molecule has 0 aliphatic rings. The Kier molecular flexibility index (Phi) is 3.15. The van der Waals surface area contributed by atoms with Gasteiger partial charge in [-0.05, 0) is 19.1 Å². The van der Waals surface area contributed by atoms with Gasteiger partial charge in [0.1, 0.15) is 11.4 Å². The van der Waals surface area contributed by atoms with Gasteiger partial charge in [0.05, 0.1) is 24.7 Å². The normalized spacial score (nSPS) is 10.7. The molecule has 0 bridgehead atoms. The number of thiazole rings is 1. The first-order valence-electron chi connectivity index (χ1n) is 6.10. The van der Waals surface area contributed by atoms with Crippen LogP contribution in [0.3, 0.4) is 0 Å². The van der Waals surface area contributed by atoms with Crippen LogP contribution in [0.2, 0.25) is 0 Å². The van der Waals surface area contributed by atoms with Crippen molar-refractivity contribution < 1.29 is 4.74 Å². The van der Waals surface area contributed by atoms with E-state index in [0.29, 0.717) is 5.13 Å². The molecule has 0 aliphatic heterocycles. The van der Waals surface area contributed by atoms with Gasteiger partial charge >= 0.3 is 0 Å². The van der Waals surface area contributed by atoms with E-state index in [1.165, 1.54) is 11.3 Å². The lowest BCUT2D eigenvalue weighted by atomic mass is 10.2. The first-order valence-corrected chi connectivity index (χ1v) is 6.98. The molecule has 1 aromatic carbocycles. The summed E-state index contributed by atoms with van der Waals surface area (Å²) in [6, 6.07) is 7.78. The summed E-state index contributed by atoms with van der Waals surface area (Å²) in [7, 11) is 1.65. The lowest BCUT2D eigenvalue weighted by Gasteiger charge is -2.09. The summed E-state index contributed by atoms with van der Waals surface area (Å²) in [6.45, 7) is 2.00. The van der Waals surface area contributed by atoms with Crippen LogP contribution in [0, 0.1) is 6.92 Å². The summed E-state index contributed by atoms with van der Waals surface area (Å²) in [5.74, 6) is 0.781. The fourth-order valence-corrected chi connectivity index (χ4v) is 2.68. The molecule has 0 aliphatic carbocycles. The molecule has 2 aromatic heterocycles. The van der Waals surface area contributed by atoms with Crippen molar-refractivity contribution in [3.8, 4) is 22.7 Å². The van der Waals surface area contributed by atoms with E-state index in [4.69, 9.17) is 10.5 Å². The highest BCUT2D eigenvalue weighted by Gasteiger charge is 2.14. The highest BCUT2D eigenvalue weighted by molar-refractivity contribution is 7.13. The van der Waals surface area contributed by atoms with Crippen molar-refractivity contribution in [2.24, 2.45) is 0 Å². The molecule has 5 nitrogen and oxygen atoms in total. The fourth-order valence-electron chi connectivity index (χ4n) is 2.12. The van der Waals surface area contributed by atoms with Crippen LogP contribution < -0.4 is 10.5 Å². The average molecular weight is 286 g/mol. The van der Waals surface area contributed by atoms with Gasteiger partial charge in [0.2, 0.25) is 0 Å². The van der Waals surface area contributed by atoms with Gasteiger partial charge in [0.25, 0.3) is 0 Å². The van der Waals surface area contributed by atoms with E-state index < -0.39 is 0 Å². The molecule has 0 unspecified atom stereocenters. The molecule has 0 radical (unpaired) electrons. The van der Waals surface area contributed by atoms with E-state index in [2.05, 4.69) is 10.1 Å². The second kappa shape index (κ2) is 4.97. The number of anilines is 1. The van der Waals surface area contributed by atoms with Gasteiger partial charge in [0.15, 0.2) is 5.13 Å². The van der Waals surface area contributed by atoms with Crippen LogP contribution in [-0.4, -0.2) is 21.9 Å². The van der Waals surface area contributed by atoms with Crippen molar-refractivity contribution in [1.82, 2.24) is 14.8 Å². The molecule has 3 rings (SSSR count). The van der Waals surface area contributed by atoms with Crippen molar-refractivity contribution >= 4 is 16.5 Å². The number of ether oxygens (including phenoxy) is 1. The quantitative estimate of drug-likeness (QED) is 0.804. The zero-order valence-electron chi connectivity index (χ0n) is 11.2. The van der Waals surface area contributed by atoms with Gasteiger partial charge in [-0.25, -0.2) is 9.67 Å². The lowest BCUT2D eigenvalue weighted by molar-refractivity contribution is 0.411. The fraction of sp³-hybridized carbons (Fsp3) is 0.143. The highest BCUT2D eigenvalue weighted by atomic mass is 32.1. The SMILES string of the molecule is COc1ccccc1-n1ncc(-c2csc(N)n2)c1C. The van der Waals surface area contributed by atoms with Crippen molar-refractivity contribution in [2.45, 2.75) is 6.92 Å². The van der Waals surface area contributed by atoms with Crippen molar-refractivity contribution in [2.75, 3.05) is 12.8 Å². The Bertz CT molecular complexity index is 747. The van der Waals surface area contributed by atoms with E-state index in [-0.39, 0.29) is 0 Å². The van der Waals surface area contributed by atoms with Crippen molar-refractivity contribution in [1.29, 1.82) is 0 Å². The van der Waals surface area contributed by atoms with Gasteiger partial charge in [-0.15, -0.1) is 11.3 Å². The Hall–Kier alpha value is -2.34. The number of hydrogen-bond acceptors (Lipinski definition) is 5. The number of nitrogens with zero attached hydrogens (tertiary/aromatic N) is 3. The van der Waals surface area contributed by atoms with Gasteiger partial charge in [-0.2, -0.15) is 5.10 Å². The Labute approximate surface area is 120 Å². The average Bonchev–Trinajstić information content (AvgIpc) is 3.05. The first-order chi connectivity index (χ1) is 9.70. The molecule has 102 valence electrons. The third-order valence-electron chi connectivity index (χ3n) is 3.12. The molecule has 6 heteroatoms. The lowest BCUT2D eigenvalue weighted by Crippen LogP contribution is -2.01. The second-order valence-corrected chi connectivity index (χ2v) is 5.19. The Balaban J connectivity index is 2.11. The largest absolute Gasteiger partial charge is 0.494 e. The summed E-state index contributed by atoms with van der Waals surface area (Å²) in [5, 5.41) is 6.94. The smallest absolute Gasteiger partial charge is 0.180 e.